The fraction of sp³-hybridized carbons (Fsp3) is 0.158. The third-order valence-electron chi connectivity index (χ3n) is 3.28. The smallest absolute Gasteiger partial charge is 0.0671 e. The maximum absolute atomic E-state index is 12.1. The Kier molecular flexibility index (Phi) is 11.3. The van der Waals surface area contributed by atoms with Crippen LogP contribution >= 0.6 is 11.3 Å². The second kappa shape index (κ2) is 12.3. The van der Waals surface area contributed by atoms with Crippen LogP contribution in [-0.4, -0.2) is 18.2 Å². The minimum absolute atomic E-state index is 0. The molecule has 0 saturated carbocycles. The first kappa shape index (κ1) is 24.8. The van der Waals surface area contributed by atoms with E-state index in [4.69, 9.17) is 5.11 Å². The molecule has 8 heteroatoms. The normalized spacial score (nSPS) is 11.1. The average molecular weight is 420 g/mol. The number of hydrogen-bond acceptors (Lipinski definition) is 6. The van der Waals surface area contributed by atoms with Crippen molar-refractivity contribution < 1.29 is 39.4 Å². The summed E-state index contributed by atoms with van der Waals surface area (Å²) in [5.74, 6) is -0.527. The zero-order chi connectivity index (χ0) is 18.2. The Bertz CT molecular complexity index is 896. The third-order valence-corrected chi connectivity index (χ3v) is 4.13. The Morgan fingerprint density at radius 2 is 1.70 bits per heavy atom. The Labute approximate surface area is 173 Å². The molecule has 3 aromatic rings. The van der Waals surface area contributed by atoms with E-state index in [2.05, 4.69) is 10.2 Å². The van der Waals surface area contributed by atoms with Crippen LogP contribution in [0.3, 0.4) is 0 Å². The Morgan fingerprint density at radius 3 is 2.33 bits per heavy atom. The van der Waals surface area contributed by atoms with E-state index in [1.165, 1.54) is 17.4 Å². The van der Waals surface area contributed by atoms with Gasteiger partial charge in [0.25, 0.3) is 0 Å². The van der Waals surface area contributed by atoms with Crippen LogP contribution in [0.5, 0.6) is 5.75 Å². The molecule has 0 fully saturated rings. The van der Waals surface area contributed by atoms with Gasteiger partial charge in [0, 0.05) is 29.3 Å². The van der Waals surface area contributed by atoms with Crippen molar-refractivity contribution in [2.75, 3.05) is 6.61 Å². The standard InChI is InChI=1S/C17H14N2O2S.C2H5O.O.V/c1-11(18-19-17(21)15-7-4-10-22-15)16-13-6-3-2-5-12(13)8-9-14(16)20;1-2-3;;/h2-10,20H,1H3,(H,19,21);2H2,1H3;;/q;-1;-2;/p-2/b18-11+;;;. The SMILES string of the molecule is C/C(=N\N=C(/[O-])c1cccs1)c1c([O-])ccc2ccccc12.CC[O-].[O-2].[V]. The molecule has 0 atom stereocenters. The van der Waals surface area contributed by atoms with Crippen molar-refractivity contribution in [3.8, 4) is 5.75 Å². The van der Waals surface area contributed by atoms with E-state index < -0.39 is 5.90 Å². The summed E-state index contributed by atoms with van der Waals surface area (Å²) in [6.07, 6.45) is 0. The van der Waals surface area contributed by atoms with E-state index in [9.17, 15) is 10.2 Å². The maximum atomic E-state index is 12.1. The summed E-state index contributed by atoms with van der Waals surface area (Å²) in [4.78, 5) is 0.525. The van der Waals surface area contributed by atoms with E-state index >= 15 is 0 Å². The van der Waals surface area contributed by atoms with Gasteiger partial charge in [-0.1, -0.05) is 55.1 Å². The predicted octanol–water partition coefficient (Wildman–Crippen LogP) is 1.75. The predicted molar refractivity (Wildman–Crippen MR) is 97.7 cm³/mol. The number of benzene rings is 2. The topological polar surface area (TPSA) is 122 Å². The molecule has 3 rings (SSSR count). The monoisotopic (exact) mass is 420 g/mol. The minimum atomic E-state index is -0.401. The summed E-state index contributed by atoms with van der Waals surface area (Å²) in [6, 6.07) is 14.3. The molecule has 0 unspecified atom stereocenters. The summed E-state index contributed by atoms with van der Waals surface area (Å²) in [5, 5.41) is 44.2. The molecule has 27 heavy (non-hydrogen) atoms. The van der Waals surface area contributed by atoms with Crippen LogP contribution in [0.1, 0.15) is 24.3 Å². The molecule has 2 aromatic carbocycles. The van der Waals surface area contributed by atoms with Crippen LogP contribution in [0.15, 0.2) is 64.1 Å². The van der Waals surface area contributed by atoms with E-state index in [0.29, 0.717) is 16.2 Å². The van der Waals surface area contributed by atoms with E-state index in [1.54, 1.807) is 37.4 Å². The van der Waals surface area contributed by atoms with Crippen molar-refractivity contribution in [3.63, 3.8) is 0 Å². The molecule has 1 radical (unpaired) electrons. The zero-order valence-electron chi connectivity index (χ0n) is 14.8. The molecule has 6 nitrogen and oxygen atoms in total. The second-order valence-electron chi connectivity index (χ2n) is 5.02. The molecule has 0 spiro atoms. The van der Waals surface area contributed by atoms with Gasteiger partial charge in [0.2, 0.25) is 0 Å². The van der Waals surface area contributed by atoms with Gasteiger partial charge in [-0.05, 0) is 34.7 Å². The van der Waals surface area contributed by atoms with E-state index in [-0.39, 0.29) is 36.4 Å². The second-order valence-corrected chi connectivity index (χ2v) is 5.96. The fourth-order valence-electron chi connectivity index (χ4n) is 2.24. The van der Waals surface area contributed by atoms with E-state index in [0.717, 1.165) is 10.8 Å². The first-order valence-corrected chi connectivity index (χ1v) is 8.56. The first-order chi connectivity index (χ1) is 12.1. The molecule has 0 aliphatic rings. The van der Waals surface area contributed by atoms with Crippen LogP contribution in [0, 0.1) is 0 Å². The Balaban J connectivity index is 0.00000127. The molecular formula is C19H17N2O4SV-5. The van der Waals surface area contributed by atoms with Gasteiger partial charge in [-0.2, -0.15) is 10.2 Å². The van der Waals surface area contributed by atoms with Crippen LogP contribution in [-0.2, 0) is 24.0 Å². The van der Waals surface area contributed by atoms with Gasteiger partial charge in [-0.3, -0.25) is 0 Å². The summed E-state index contributed by atoms with van der Waals surface area (Å²) in [7, 11) is 0. The Hall–Kier alpha value is -2.16. The molecule has 143 valence electrons. The molecule has 0 bridgehead atoms. The van der Waals surface area contributed by atoms with Gasteiger partial charge in [-0.25, -0.2) is 0 Å². The van der Waals surface area contributed by atoms with Gasteiger partial charge in [0.05, 0.1) is 5.71 Å². The molecule has 0 aliphatic carbocycles. The van der Waals surface area contributed by atoms with Crippen LogP contribution < -0.4 is 15.3 Å². The number of hydrogen-bond donors (Lipinski definition) is 0. The maximum Gasteiger partial charge on any atom is 0.0671 e. The van der Waals surface area contributed by atoms with E-state index in [1.807, 2.05) is 24.3 Å². The van der Waals surface area contributed by atoms with Crippen molar-refractivity contribution in [2.45, 2.75) is 13.8 Å². The van der Waals surface area contributed by atoms with Crippen LogP contribution in [0.25, 0.3) is 10.8 Å². The molecule has 1 heterocycles. The molecule has 0 saturated heterocycles. The van der Waals surface area contributed by atoms with Crippen LogP contribution in [0.2, 0.25) is 0 Å². The molecule has 1 aromatic heterocycles. The summed E-state index contributed by atoms with van der Waals surface area (Å²) < 4.78 is 0. The quantitative estimate of drug-likeness (QED) is 0.364. The summed E-state index contributed by atoms with van der Waals surface area (Å²) in [5.41, 5.74) is 0.924. The van der Waals surface area contributed by atoms with Crippen molar-refractivity contribution in [3.05, 3.63) is 64.4 Å². The molecule has 0 N–H and O–H groups in total. The molecule has 0 aliphatic heterocycles. The number of nitrogens with zero attached hydrogens (tertiary/aromatic N) is 2. The number of rotatable bonds is 3. The first-order valence-electron chi connectivity index (χ1n) is 7.68. The summed E-state index contributed by atoms with van der Waals surface area (Å²) >= 11 is 1.31. The van der Waals surface area contributed by atoms with Gasteiger partial charge in [-0.15, -0.1) is 17.9 Å². The summed E-state index contributed by atoms with van der Waals surface area (Å²) in [6.45, 7) is 3.26. The average Bonchev–Trinajstić information content (AvgIpc) is 3.15. The minimum Gasteiger partial charge on any atom is -2.00 e. The third kappa shape index (κ3) is 6.50. The molecule has 0 amide bonds. The van der Waals surface area contributed by atoms with Gasteiger partial charge in [0.15, 0.2) is 0 Å². The Morgan fingerprint density at radius 1 is 1.04 bits per heavy atom. The fourth-order valence-corrected chi connectivity index (χ4v) is 2.85. The van der Waals surface area contributed by atoms with Gasteiger partial charge < -0.3 is 20.8 Å². The van der Waals surface area contributed by atoms with Gasteiger partial charge >= 0.3 is 0 Å². The number of thiophene rings is 1. The van der Waals surface area contributed by atoms with Crippen molar-refractivity contribution >= 4 is 33.7 Å². The molecular weight excluding hydrogens is 403 g/mol. The van der Waals surface area contributed by atoms with Crippen molar-refractivity contribution in [1.82, 2.24) is 0 Å². The van der Waals surface area contributed by atoms with Gasteiger partial charge in [0.1, 0.15) is 0 Å². The van der Waals surface area contributed by atoms with Crippen molar-refractivity contribution in [1.29, 1.82) is 0 Å². The van der Waals surface area contributed by atoms with Crippen LogP contribution in [0.4, 0.5) is 0 Å². The van der Waals surface area contributed by atoms with Crippen molar-refractivity contribution in [2.24, 2.45) is 10.2 Å². The largest absolute Gasteiger partial charge is 2.00 e. The zero-order valence-corrected chi connectivity index (χ0v) is 17.0. The number of fused-ring (bicyclic) bond motifs is 1.